The summed E-state index contributed by atoms with van der Waals surface area (Å²) in [5.74, 6) is 1.98. The summed E-state index contributed by atoms with van der Waals surface area (Å²) in [5, 5.41) is 14.3. The fourth-order valence-electron chi connectivity index (χ4n) is 4.56. The van der Waals surface area contributed by atoms with Gasteiger partial charge in [-0.2, -0.15) is 0 Å². The molecule has 0 aromatic heterocycles. The molecule has 0 saturated carbocycles. The van der Waals surface area contributed by atoms with Crippen LogP contribution >= 0.6 is 0 Å². The second-order valence-corrected chi connectivity index (χ2v) is 8.79. The molecule has 2 aromatic carbocycles. The van der Waals surface area contributed by atoms with Crippen LogP contribution in [0.5, 0.6) is 11.5 Å². The van der Waals surface area contributed by atoms with Crippen molar-refractivity contribution in [1.29, 1.82) is 0 Å². The van der Waals surface area contributed by atoms with Gasteiger partial charge in [0.25, 0.3) is 0 Å². The maximum atomic E-state index is 10.7. The minimum Gasteiger partial charge on any atom is -0.497 e. The number of ether oxygens (including phenoxy) is 3. The number of methoxy groups -OCH3 is 2. The van der Waals surface area contributed by atoms with E-state index in [1.54, 1.807) is 14.2 Å². The van der Waals surface area contributed by atoms with Gasteiger partial charge in [-0.1, -0.05) is 24.3 Å². The maximum Gasteiger partial charge on any atom is 0.118 e. The van der Waals surface area contributed by atoms with Gasteiger partial charge in [0.05, 0.1) is 26.4 Å². The molecule has 2 N–H and O–H groups in total. The van der Waals surface area contributed by atoms with Crippen molar-refractivity contribution in [1.82, 2.24) is 5.32 Å². The molecular formula is C25H35NO4. The average Bonchev–Trinajstić information content (AvgIpc) is 2.77. The molecule has 1 heterocycles. The number of nitrogens with one attached hydrogen (secondary N) is 1. The summed E-state index contributed by atoms with van der Waals surface area (Å²) in [6.07, 6.45) is 1.84. The van der Waals surface area contributed by atoms with Crippen molar-refractivity contribution < 1.29 is 19.3 Å². The van der Waals surface area contributed by atoms with Gasteiger partial charge in [-0.25, -0.2) is 0 Å². The molecule has 1 aliphatic heterocycles. The number of benzene rings is 2. The van der Waals surface area contributed by atoms with E-state index < -0.39 is 0 Å². The first-order chi connectivity index (χ1) is 14.4. The third kappa shape index (κ3) is 5.15. The molecule has 30 heavy (non-hydrogen) atoms. The van der Waals surface area contributed by atoms with Crippen molar-refractivity contribution in [3.05, 3.63) is 59.7 Å². The summed E-state index contributed by atoms with van der Waals surface area (Å²) < 4.78 is 16.6. The van der Waals surface area contributed by atoms with Crippen LogP contribution in [0.4, 0.5) is 0 Å². The molecule has 5 nitrogen and oxygen atoms in total. The van der Waals surface area contributed by atoms with E-state index in [1.807, 2.05) is 24.3 Å². The molecule has 2 atom stereocenters. The molecule has 3 rings (SSSR count). The van der Waals surface area contributed by atoms with Crippen LogP contribution in [0.3, 0.4) is 0 Å². The number of aliphatic hydroxyl groups excluding tert-OH is 1. The highest BCUT2D eigenvalue weighted by Gasteiger charge is 2.44. The summed E-state index contributed by atoms with van der Waals surface area (Å²) >= 11 is 0. The first-order valence-corrected chi connectivity index (χ1v) is 10.7. The molecule has 1 fully saturated rings. The molecule has 2 unspecified atom stereocenters. The van der Waals surface area contributed by atoms with Crippen LogP contribution in [0, 0.1) is 5.92 Å². The van der Waals surface area contributed by atoms with Gasteiger partial charge in [-0.15, -0.1) is 0 Å². The lowest BCUT2D eigenvalue weighted by atomic mass is 9.65. The lowest BCUT2D eigenvalue weighted by Gasteiger charge is -2.46. The number of aliphatic hydroxyl groups is 1. The van der Waals surface area contributed by atoms with Gasteiger partial charge in [-0.05, 0) is 68.0 Å². The smallest absolute Gasteiger partial charge is 0.118 e. The Morgan fingerprint density at radius 1 is 1.03 bits per heavy atom. The Labute approximate surface area is 180 Å². The van der Waals surface area contributed by atoms with E-state index >= 15 is 0 Å². The van der Waals surface area contributed by atoms with Gasteiger partial charge in [-0.3, -0.25) is 0 Å². The van der Waals surface area contributed by atoms with Gasteiger partial charge >= 0.3 is 0 Å². The van der Waals surface area contributed by atoms with Crippen molar-refractivity contribution in [2.45, 2.75) is 44.2 Å². The lowest BCUT2D eigenvalue weighted by molar-refractivity contribution is -0.0920. The van der Waals surface area contributed by atoms with Crippen LogP contribution in [0.1, 0.15) is 37.8 Å². The lowest BCUT2D eigenvalue weighted by Crippen LogP contribution is -2.51. The Balaban J connectivity index is 1.83. The standard InChI is InChI=1S/C25H35NO4/c1-24(2)15-21(13-14-30-24)25(18-27,20-7-11-23(29-4)12-8-20)17-26-16-19-5-9-22(28-3)10-6-19/h5-12,21,26-27H,13-18H2,1-4H3. The second kappa shape index (κ2) is 9.82. The minimum absolute atomic E-state index is 0.0791. The monoisotopic (exact) mass is 413 g/mol. The summed E-state index contributed by atoms with van der Waals surface area (Å²) in [6, 6.07) is 16.2. The van der Waals surface area contributed by atoms with Gasteiger partial charge < -0.3 is 24.6 Å². The number of hydrogen-bond acceptors (Lipinski definition) is 5. The number of hydrogen-bond donors (Lipinski definition) is 2. The predicted molar refractivity (Wildman–Crippen MR) is 119 cm³/mol. The first kappa shape index (κ1) is 22.6. The zero-order chi connectivity index (χ0) is 21.6. The van der Waals surface area contributed by atoms with Crippen molar-refractivity contribution >= 4 is 0 Å². The minimum atomic E-state index is -0.389. The van der Waals surface area contributed by atoms with Crippen LogP contribution in [0.15, 0.2) is 48.5 Å². The van der Waals surface area contributed by atoms with E-state index in [4.69, 9.17) is 14.2 Å². The quantitative estimate of drug-likeness (QED) is 0.652. The van der Waals surface area contributed by atoms with E-state index in [0.717, 1.165) is 36.4 Å². The van der Waals surface area contributed by atoms with E-state index in [9.17, 15) is 5.11 Å². The van der Waals surface area contributed by atoms with E-state index in [1.165, 1.54) is 5.56 Å². The Hall–Kier alpha value is -2.08. The molecule has 0 spiro atoms. The molecule has 2 aromatic rings. The molecule has 1 saturated heterocycles. The highest BCUT2D eigenvalue weighted by atomic mass is 16.5. The van der Waals surface area contributed by atoms with Crippen molar-refractivity contribution in [3.63, 3.8) is 0 Å². The third-order valence-electron chi connectivity index (χ3n) is 6.35. The second-order valence-electron chi connectivity index (χ2n) is 8.79. The SMILES string of the molecule is COc1ccc(CNCC(CO)(c2ccc(OC)cc2)C2CCOC(C)(C)C2)cc1. The normalized spacial score (nSPS) is 20.4. The zero-order valence-electron chi connectivity index (χ0n) is 18.6. The van der Waals surface area contributed by atoms with Crippen LogP contribution in [-0.2, 0) is 16.7 Å². The molecule has 0 radical (unpaired) electrons. The van der Waals surface area contributed by atoms with Gasteiger partial charge in [0.1, 0.15) is 11.5 Å². The topological polar surface area (TPSA) is 60.0 Å². The van der Waals surface area contributed by atoms with E-state index in [2.05, 4.69) is 43.4 Å². The van der Waals surface area contributed by atoms with Gasteiger partial charge in [0.15, 0.2) is 0 Å². The van der Waals surface area contributed by atoms with Crippen LogP contribution in [0.2, 0.25) is 0 Å². The largest absolute Gasteiger partial charge is 0.497 e. The third-order valence-corrected chi connectivity index (χ3v) is 6.35. The fraction of sp³-hybridized carbons (Fsp3) is 0.520. The highest BCUT2D eigenvalue weighted by Crippen LogP contribution is 2.42. The summed E-state index contributed by atoms with van der Waals surface area (Å²) in [7, 11) is 3.35. The van der Waals surface area contributed by atoms with Crippen LogP contribution in [0.25, 0.3) is 0 Å². The van der Waals surface area contributed by atoms with Crippen LogP contribution in [-0.4, -0.2) is 44.7 Å². The maximum absolute atomic E-state index is 10.7. The first-order valence-electron chi connectivity index (χ1n) is 10.7. The summed E-state index contributed by atoms with van der Waals surface area (Å²) in [5.41, 5.74) is 1.74. The highest BCUT2D eigenvalue weighted by molar-refractivity contribution is 5.34. The Kier molecular flexibility index (Phi) is 7.40. The molecule has 1 aliphatic rings. The fourth-order valence-corrected chi connectivity index (χ4v) is 4.56. The van der Waals surface area contributed by atoms with Crippen molar-refractivity contribution in [3.8, 4) is 11.5 Å². The molecule has 0 aliphatic carbocycles. The van der Waals surface area contributed by atoms with Gasteiger partial charge in [0.2, 0.25) is 0 Å². The molecular weight excluding hydrogens is 378 g/mol. The van der Waals surface area contributed by atoms with Crippen LogP contribution < -0.4 is 14.8 Å². The molecule has 164 valence electrons. The zero-order valence-corrected chi connectivity index (χ0v) is 18.6. The predicted octanol–water partition coefficient (Wildman–Crippen LogP) is 3.93. The Morgan fingerprint density at radius 3 is 2.17 bits per heavy atom. The average molecular weight is 414 g/mol. The van der Waals surface area contributed by atoms with E-state index in [0.29, 0.717) is 19.1 Å². The number of rotatable bonds is 9. The van der Waals surface area contributed by atoms with Crippen molar-refractivity contribution in [2.75, 3.05) is 34.0 Å². The Bertz CT molecular complexity index is 788. The van der Waals surface area contributed by atoms with E-state index in [-0.39, 0.29) is 17.6 Å². The summed E-state index contributed by atoms with van der Waals surface area (Å²) in [4.78, 5) is 0. The Morgan fingerprint density at radius 2 is 1.63 bits per heavy atom. The van der Waals surface area contributed by atoms with Gasteiger partial charge in [0, 0.05) is 25.1 Å². The molecule has 0 amide bonds. The molecule has 5 heteroatoms. The summed E-state index contributed by atoms with van der Waals surface area (Å²) in [6.45, 7) is 6.49. The molecule has 0 bridgehead atoms. The van der Waals surface area contributed by atoms with Crippen molar-refractivity contribution in [2.24, 2.45) is 5.92 Å².